The van der Waals surface area contributed by atoms with Crippen LogP contribution in [-0.2, 0) is 12.8 Å². The lowest BCUT2D eigenvalue weighted by Crippen LogP contribution is -2.24. The zero-order valence-electron chi connectivity index (χ0n) is 12.5. The van der Waals surface area contributed by atoms with E-state index in [2.05, 4.69) is 4.98 Å². The van der Waals surface area contributed by atoms with Crippen molar-refractivity contribution >= 4 is 17.4 Å². The molecule has 0 N–H and O–H groups in total. The predicted octanol–water partition coefficient (Wildman–Crippen LogP) is 2.08. The quantitative estimate of drug-likeness (QED) is 0.673. The smallest absolute Gasteiger partial charge is 0.442 e. The summed E-state index contributed by atoms with van der Waals surface area (Å²) in [6.45, 7) is 0.544. The molecule has 0 amide bonds. The number of aryl methyl sites for hydroxylation is 1. The minimum atomic E-state index is -1.05. The van der Waals surface area contributed by atoms with Gasteiger partial charge in [-0.25, -0.2) is 9.59 Å². The summed E-state index contributed by atoms with van der Waals surface area (Å²) in [7, 11) is 0. The van der Waals surface area contributed by atoms with Gasteiger partial charge < -0.3 is 13.7 Å². The topological polar surface area (TPSA) is 87.0 Å². The van der Waals surface area contributed by atoms with Crippen LogP contribution in [-0.4, -0.2) is 16.2 Å². The molecule has 2 aromatic heterocycles. The molecule has 1 aliphatic rings. The number of fused-ring (bicyclic) bond motifs is 3. The molecule has 7 nitrogen and oxygen atoms in total. The van der Waals surface area contributed by atoms with Gasteiger partial charge in [0.15, 0.2) is 0 Å². The highest BCUT2D eigenvalue weighted by Gasteiger charge is 2.26. The van der Waals surface area contributed by atoms with E-state index in [1.165, 1.54) is 4.57 Å². The Kier molecular flexibility index (Phi) is 3.65. The minimum absolute atomic E-state index is 0.0175. The van der Waals surface area contributed by atoms with Gasteiger partial charge in [-0.2, -0.15) is 4.98 Å². The Morgan fingerprint density at radius 1 is 1.25 bits per heavy atom. The first kappa shape index (κ1) is 15.0. The molecule has 0 spiro atoms. The zero-order valence-corrected chi connectivity index (χ0v) is 13.3. The molecule has 124 valence electrons. The van der Waals surface area contributed by atoms with Gasteiger partial charge in [0.25, 0.3) is 0 Å². The molecule has 8 heteroatoms. The van der Waals surface area contributed by atoms with Gasteiger partial charge in [0.2, 0.25) is 0 Å². The van der Waals surface area contributed by atoms with Crippen LogP contribution in [0.3, 0.4) is 0 Å². The van der Waals surface area contributed by atoms with Crippen molar-refractivity contribution < 1.29 is 13.7 Å². The number of rotatable bonds is 3. The Labute approximate surface area is 140 Å². The highest BCUT2D eigenvalue weighted by Crippen LogP contribution is 2.26. The lowest BCUT2D eigenvalue weighted by molar-refractivity contribution is 0.226. The second-order valence-electron chi connectivity index (χ2n) is 5.72. The van der Waals surface area contributed by atoms with Gasteiger partial charge in [-0.1, -0.05) is 11.6 Å². The van der Waals surface area contributed by atoms with Gasteiger partial charge in [0, 0.05) is 5.02 Å². The molecule has 1 unspecified atom stereocenters. The SMILES string of the molecule is O=c1oc2nc3c(n2oc1=O)CCC(COc1ccc(Cl)cc1)C3. The van der Waals surface area contributed by atoms with E-state index in [0.717, 1.165) is 23.6 Å². The number of imidazole rings is 1. The molecule has 0 radical (unpaired) electrons. The van der Waals surface area contributed by atoms with E-state index in [1.54, 1.807) is 12.1 Å². The lowest BCUT2D eigenvalue weighted by Gasteiger charge is -2.21. The van der Waals surface area contributed by atoms with Crippen LogP contribution in [0.15, 0.2) is 42.8 Å². The van der Waals surface area contributed by atoms with Crippen molar-refractivity contribution in [1.29, 1.82) is 0 Å². The summed E-state index contributed by atoms with van der Waals surface area (Å²) < 4.78 is 16.8. The Bertz CT molecular complexity index is 1000. The van der Waals surface area contributed by atoms with Crippen molar-refractivity contribution in [2.75, 3.05) is 6.61 Å². The number of halogens is 1. The maximum Gasteiger partial charge on any atom is 0.442 e. The van der Waals surface area contributed by atoms with Gasteiger partial charge in [-0.3, -0.25) is 0 Å². The van der Waals surface area contributed by atoms with E-state index in [1.807, 2.05) is 12.1 Å². The van der Waals surface area contributed by atoms with Crippen LogP contribution in [0.1, 0.15) is 17.8 Å². The van der Waals surface area contributed by atoms with Crippen molar-refractivity contribution in [2.45, 2.75) is 19.3 Å². The number of aromatic nitrogens is 2. The molecule has 3 aromatic rings. The van der Waals surface area contributed by atoms with E-state index < -0.39 is 11.3 Å². The van der Waals surface area contributed by atoms with Crippen molar-refractivity contribution in [3.05, 3.63) is 61.5 Å². The van der Waals surface area contributed by atoms with E-state index >= 15 is 0 Å². The van der Waals surface area contributed by atoms with E-state index in [0.29, 0.717) is 24.5 Å². The molecule has 1 aliphatic carbocycles. The van der Waals surface area contributed by atoms with Crippen molar-refractivity contribution in [1.82, 2.24) is 9.56 Å². The van der Waals surface area contributed by atoms with E-state index in [9.17, 15) is 9.59 Å². The monoisotopic (exact) mass is 348 g/mol. The Morgan fingerprint density at radius 2 is 2.04 bits per heavy atom. The summed E-state index contributed by atoms with van der Waals surface area (Å²) >= 11 is 5.85. The molecule has 4 rings (SSSR count). The molecule has 0 fully saturated rings. The van der Waals surface area contributed by atoms with Crippen LogP contribution in [0.25, 0.3) is 5.84 Å². The maximum atomic E-state index is 11.3. The molecular weight excluding hydrogens is 336 g/mol. The fraction of sp³-hybridized carbons (Fsp3) is 0.312. The fourth-order valence-electron chi connectivity index (χ4n) is 2.87. The van der Waals surface area contributed by atoms with Crippen LogP contribution in [0.4, 0.5) is 0 Å². The second-order valence-corrected chi connectivity index (χ2v) is 6.16. The molecule has 1 atom stereocenters. The highest BCUT2D eigenvalue weighted by atomic mass is 35.5. The third kappa shape index (κ3) is 2.71. The molecule has 0 aliphatic heterocycles. The number of hydrogen-bond donors (Lipinski definition) is 0. The normalized spacial score (nSPS) is 17.0. The molecule has 0 bridgehead atoms. The van der Waals surface area contributed by atoms with Crippen molar-refractivity contribution in [3.63, 3.8) is 0 Å². The average molecular weight is 349 g/mol. The molecular formula is C16H13ClN2O5. The maximum absolute atomic E-state index is 11.3. The molecule has 0 saturated carbocycles. The minimum Gasteiger partial charge on any atom is -0.493 e. The van der Waals surface area contributed by atoms with E-state index in [4.69, 9.17) is 25.3 Å². The standard InChI is InChI=1S/C16H13ClN2O5/c17-10-2-4-11(5-3-10)22-8-9-1-6-13-12(7-9)18-16-19(13)24-15(21)14(20)23-16/h2-5,9H,1,6-8H2. The van der Waals surface area contributed by atoms with Gasteiger partial charge in [0.1, 0.15) is 5.75 Å². The van der Waals surface area contributed by atoms with Gasteiger partial charge >= 0.3 is 17.1 Å². The zero-order chi connectivity index (χ0) is 16.7. The van der Waals surface area contributed by atoms with Gasteiger partial charge in [-0.05, 0) is 49.4 Å². The van der Waals surface area contributed by atoms with Crippen LogP contribution >= 0.6 is 11.6 Å². The Balaban J connectivity index is 1.52. The van der Waals surface area contributed by atoms with Crippen LogP contribution in [0, 0.1) is 5.92 Å². The Morgan fingerprint density at radius 3 is 2.83 bits per heavy atom. The number of nitrogens with zero attached hydrogens (tertiary/aromatic N) is 2. The third-order valence-corrected chi connectivity index (χ3v) is 4.33. The number of hydrogen-bond acceptors (Lipinski definition) is 6. The summed E-state index contributed by atoms with van der Waals surface area (Å²) in [6.07, 6.45) is 2.19. The van der Waals surface area contributed by atoms with Crippen LogP contribution < -0.4 is 16.0 Å². The third-order valence-electron chi connectivity index (χ3n) is 4.08. The Hall–Kier alpha value is -2.54. The highest BCUT2D eigenvalue weighted by molar-refractivity contribution is 6.30. The number of ether oxygens (including phenoxy) is 1. The molecule has 1 aromatic carbocycles. The average Bonchev–Trinajstić information content (AvgIpc) is 2.91. The van der Waals surface area contributed by atoms with Gasteiger partial charge in [-0.15, -0.1) is 4.57 Å². The lowest BCUT2D eigenvalue weighted by atomic mass is 9.90. The van der Waals surface area contributed by atoms with Crippen molar-refractivity contribution in [2.24, 2.45) is 5.92 Å². The first-order valence-electron chi connectivity index (χ1n) is 7.53. The first-order valence-corrected chi connectivity index (χ1v) is 7.91. The first-order chi connectivity index (χ1) is 11.6. The largest absolute Gasteiger partial charge is 0.493 e. The number of benzene rings is 1. The van der Waals surface area contributed by atoms with Crippen molar-refractivity contribution in [3.8, 4) is 5.75 Å². The second kappa shape index (κ2) is 5.83. The van der Waals surface area contributed by atoms with Gasteiger partial charge in [0.05, 0.1) is 18.0 Å². The summed E-state index contributed by atoms with van der Waals surface area (Å²) in [4.78, 5) is 26.8. The van der Waals surface area contributed by atoms with Crippen LogP contribution in [0.5, 0.6) is 5.75 Å². The summed E-state index contributed by atoms with van der Waals surface area (Å²) in [5.74, 6) is 1.05. The van der Waals surface area contributed by atoms with Crippen LogP contribution in [0.2, 0.25) is 5.02 Å². The molecule has 24 heavy (non-hydrogen) atoms. The molecule has 2 heterocycles. The fourth-order valence-corrected chi connectivity index (χ4v) is 3.00. The summed E-state index contributed by atoms with van der Waals surface area (Å²) in [6, 6.07) is 7.21. The van der Waals surface area contributed by atoms with E-state index in [-0.39, 0.29) is 11.8 Å². The predicted molar refractivity (Wildman–Crippen MR) is 84.7 cm³/mol. The molecule has 0 saturated heterocycles. The summed E-state index contributed by atoms with van der Waals surface area (Å²) in [5.41, 5.74) is -0.541. The summed E-state index contributed by atoms with van der Waals surface area (Å²) in [5, 5.41) is 0.664.